The van der Waals surface area contributed by atoms with E-state index in [2.05, 4.69) is 28.1 Å². The van der Waals surface area contributed by atoms with Gasteiger partial charge in [-0.15, -0.1) is 0 Å². The molecule has 0 spiro atoms. The van der Waals surface area contributed by atoms with Crippen molar-refractivity contribution < 1.29 is 24.2 Å². The molecule has 218 valence electrons. The van der Waals surface area contributed by atoms with E-state index in [0.29, 0.717) is 12.0 Å². The van der Waals surface area contributed by atoms with E-state index in [4.69, 9.17) is 15.9 Å². The minimum absolute atomic E-state index is 0.00603. The molecule has 0 bridgehead atoms. The molecule has 0 heterocycles. The fourth-order valence-electron chi connectivity index (χ4n) is 4.43. The number of carbonyl (C=O) groups is 3. The molecule has 7 N–H and O–H groups in total. The van der Waals surface area contributed by atoms with Crippen molar-refractivity contribution in [2.45, 2.75) is 70.4 Å². The summed E-state index contributed by atoms with van der Waals surface area (Å²) in [6, 6.07) is 19.1. The Morgan fingerprint density at radius 2 is 1.55 bits per heavy atom. The molecule has 10 nitrogen and oxygen atoms in total. The minimum Gasteiger partial charge on any atom is -0.444 e. The van der Waals surface area contributed by atoms with Crippen LogP contribution >= 0.6 is 0 Å². The molecule has 0 radical (unpaired) electrons. The van der Waals surface area contributed by atoms with E-state index in [0.717, 1.165) is 19.3 Å². The molecule has 2 rings (SSSR count). The first kappa shape index (κ1) is 32.3. The van der Waals surface area contributed by atoms with Crippen molar-refractivity contribution in [3.63, 3.8) is 0 Å². The van der Waals surface area contributed by atoms with Crippen molar-refractivity contribution in [1.29, 1.82) is 5.41 Å². The summed E-state index contributed by atoms with van der Waals surface area (Å²) in [4.78, 5) is 39.3. The van der Waals surface area contributed by atoms with Crippen LogP contribution in [0.3, 0.4) is 0 Å². The lowest BCUT2D eigenvalue weighted by Gasteiger charge is -2.39. The van der Waals surface area contributed by atoms with Gasteiger partial charge in [0.25, 0.3) is 5.91 Å². The van der Waals surface area contributed by atoms with Crippen LogP contribution in [0, 0.1) is 11.3 Å². The zero-order chi connectivity index (χ0) is 29.6. The van der Waals surface area contributed by atoms with Gasteiger partial charge in [0.1, 0.15) is 11.1 Å². The first-order valence-corrected chi connectivity index (χ1v) is 13.6. The maximum atomic E-state index is 13.6. The summed E-state index contributed by atoms with van der Waals surface area (Å²) in [6.07, 6.45) is 2.67. The van der Waals surface area contributed by atoms with Crippen LogP contribution in [0.4, 0.5) is 4.79 Å². The summed E-state index contributed by atoms with van der Waals surface area (Å²) >= 11 is 0. The molecule has 40 heavy (non-hydrogen) atoms. The quantitative estimate of drug-likeness (QED) is 0.119. The molecular weight excluding hydrogens is 510 g/mol. The Morgan fingerprint density at radius 3 is 2.10 bits per heavy atom. The predicted octanol–water partition coefficient (Wildman–Crippen LogP) is 3.03. The van der Waals surface area contributed by atoms with Crippen LogP contribution in [0.25, 0.3) is 0 Å². The number of nitrogens with one attached hydrogen (secondary N) is 4. The van der Waals surface area contributed by atoms with Crippen LogP contribution in [-0.2, 0) is 27.2 Å². The Hall–Kier alpha value is -3.92. The molecule has 0 unspecified atom stereocenters. The second-order valence-corrected chi connectivity index (χ2v) is 10.9. The summed E-state index contributed by atoms with van der Waals surface area (Å²) in [5.74, 6) is -2.72. The fourth-order valence-corrected chi connectivity index (χ4v) is 4.43. The van der Waals surface area contributed by atoms with Crippen LogP contribution in [-0.4, -0.2) is 53.3 Å². The molecule has 0 saturated heterocycles. The van der Waals surface area contributed by atoms with Gasteiger partial charge >= 0.3 is 6.09 Å². The SMILES string of the molecule is CC(C)(C)OC(=O)NC[C@@H](CO)[C@@](Cc1ccccc1)(NC(=O)CCCCCc1ccccc1)C(=O)NC(=N)N. The van der Waals surface area contributed by atoms with Gasteiger partial charge in [0.05, 0.1) is 6.61 Å². The average molecular weight is 554 g/mol. The number of carbonyl (C=O) groups excluding carboxylic acids is 3. The normalized spacial score (nSPS) is 13.4. The van der Waals surface area contributed by atoms with E-state index in [9.17, 15) is 19.5 Å². The van der Waals surface area contributed by atoms with Crippen molar-refractivity contribution in [1.82, 2.24) is 16.0 Å². The topological polar surface area (TPSA) is 167 Å². The Kier molecular flexibility index (Phi) is 12.6. The lowest BCUT2D eigenvalue weighted by atomic mass is 9.77. The second-order valence-electron chi connectivity index (χ2n) is 10.9. The molecule has 3 amide bonds. The zero-order valence-corrected chi connectivity index (χ0v) is 23.7. The monoisotopic (exact) mass is 553 g/mol. The van der Waals surface area contributed by atoms with Gasteiger partial charge in [-0.1, -0.05) is 67.1 Å². The summed E-state index contributed by atoms with van der Waals surface area (Å²) < 4.78 is 5.30. The Bertz CT molecular complexity index is 1100. The molecule has 2 atom stereocenters. The summed E-state index contributed by atoms with van der Waals surface area (Å²) in [6.45, 7) is 4.43. The lowest BCUT2D eigenvalue weighted by molar-refractivity contribution is -0.136. The van der Waals surface area contributed by atoms with Gasteiger partial charge in [0.2, 0.25) is 5.91 Å². The molecule has 0 aliphatic heterocycles. The third-order valence-corrected chi connectivity index (χ3v) is 6.36. The van der Waals surface area contributed by atoms with Crippen molar-refractivity contribution in [2.75, 3.05) is 13.2 Å². The van der Waals surface area contributed by atoms with E-state index in [1.54, 1.807) is 45.0 Å². The van der Waals surface area contributed by atoms with Gasteiger partial charge in [-0.05, 0) is 51.2 Å². The molecule has 0 aromatic heterocycles. The van der Waals surface area contributed by atoms with Gasteiger partial charge < -0.3 is 26.2 Å². The number of hydrogen-bond donors (Lipinski definition) is 6. The zero-order valence-electron chi connectivity index (χ0n) is 23.7. The highest BCUT2D eigenvalue weighted by atomic mass is 16.6. The number of alkyl carbamates (subject to hydrolysis) is 1. The third-order valence-electron chi connectivity index (χ3n) is 6.36. The average Bonchev–Trinajstić information content (AvgIpc) is 2.88. The molecule has 0 saturated carbocycles. The highest BCUT2D eigenvalue weighted by Gasteiger charge is 2.47. The molecule has 2 aromatic carbocycles. The fraction of sp³-hybridized carbons (Fsp3) is 0.467. The van der Waals surface area contributed by atoms with Crippen molar-refractivity contribution >= 4 is 23.9 Å². The smallest absolute Gasteiger partial charge is 0.407 e. The Labute approximate surface area is 236 Å². The highest BCUT2D eigenvalue weighted by molar-refractivity contribution is 6.02. The number of aliphatic hydroxyl groups is 1. The summed E-state index contributed by atoms with van der Waals surface area (Å²) in [5, 5.41) is 25.8. The molecule has 2 aromatic rings. The van der Waals surface area contributed by atoms with Crippen molar-refractivity contribution in [3.05, 3.63) is 71.8 Å². The van der Waals surface area contributed by atoms with Crippen LogP contribution in [0.1, 0.15) is 57.6 Å². The number of hydrogen-bond acceptors (Lipinski definition) is 6. The van der Waals surface area contributed by atoms with E-state index < -0.39 is 41.6 Å². The number of unbranched alkanes of at least 4 members (excludes halogenated alkanes) is 2. The summed E-state index contributed by atoms with van der Waals surface area (Å²) in [7, 11) is 0. The van der Waals surface area contributed by atoms with Gasteiger partial charge in [-0.25, -0.2) is 4.79 Å². The number of aliphatic hydroxyl groups excluding tert-OH is 1. The number of guanidine groups is 1. The van der Waals surface area contributed by atoms with Gasteiger partial charge in [-0.3, -0.25) is 20.3 Å². The van der Waals surface area contributed by atoms with Crippen LogP contribution in [0.15, 0.2) is 60.7 Å². The number of rotatable bonds is 14. The highest BCUT2D eigenvalue weighted by Crippen LogP contribution is 2.25. The number of ether oxygens (including phenoxy) is 1. The van der Waals surface area contributed by atoms with E-state index in [-0.39, 0.29) is 25.3 Å². The largest absolute Gasteiger partial charge is 0.444 e. The van der Waals surface area contributed by atoms with E-state index >= 15 is 0 Å². The maximum absolute atomic E-state index is 13.6. The number of benzene rings is 2. The van der Waals surface area contributed by atoms with Crippen LogP contribution in [0.5, 0.6) is 0 Å². The predicted molar refractivity (Wildman–Crippen MR) is 155 cm³/mol. The first-order valence-electron chi connectivity index (χ1n) is 13.6. The maximum Gasteiger partial charge on any atom is 0.407 e. The van der Waals surface area contributed by atoms with Crippen molar-refractivity contribution in [3.8, 4) is 0 Å². The molecule has 0 fully saturated rings. The number of amides is 3. The van der Waals surface area contributed by atoms with Gasteiger partial charge in [0, 0.05) is 25.3 Å². The number of nitrogens with two attached hydrogens (primary N) is 1. The van der Waals surface area contributed by atoms with Crippen LogP contribution in [0.2, 0.25) is 0 Å². The third kappa shape index (κ3) is 11.1. The van der Waals surface area contributed by atoms with Crippen molar-refractivity contribution in [2.24, 2.45) is 11.7 Å². The molecule has 0 aliphatic rings. The van der Waals surface area contributed by atoms with E-state index in [1.807, 2.05) is 24.3 Å². The lowest BCUT2D eigenvalue weighted by Crippen LogP contribution is -2.68. The van der Waals surface area contributed by atoms with Gasteiger partial charge in [-0.2, -0.15) is 0 Å². The minimum atomic E-state index is -1.72. The van der Waals surface area contributed by atoms with E-state index in [1.165, 1.54) is 5.56 Å². The molecule has 0 aliphatic carbocycles. The first-order chi connectivity index (χ1) is 18.9. The Morgan fingerprint density at radius 1 is 0.950 bits per heavy atom. The standard InChI is InChI=1S/C30H43N5O5/c1-29(2,3)40-28(39)33-20-24(21-36)30(26(38)34-27(31)32,19-23-16-10-5-11-17-23)35-25(37)18-12-6-9-15-22-13-7-4-8-14-22/h4-5,7-8,10-11,13-14,16-17,24,36H,6,9,12,15,18-21H2,1-3H3,(H,33,39)(H,35,37)(H4,31,32,34,38)/t24-,30+/m0/s1. The van der Waals surface area contributed by atoms with Crippen LogP contribution < -0.4 is 21.7 Å². The molecular formula is C30H43N5O5. The summed E-state index contributed by atoms with van der Waals surface area (Å²) in [5.41, 5.74) is 4.96. The Balaban J connectivity index is 2.24. The molecule has 10 heteroatoms. The number of aryl methyl sites for hydroxylation is 1. The second kappa shape index (κ2) is 15.6. The van der Waals surface area contributed by atoms with Gasteiger partial charge in [0.15, 0.2) is 5.96 Å².